The minimum absolute atomic E-state index is 0.0995. The van der Waals surface area contributed by atoms with Gasteiger partial charge < -0.3 is 10.2 Å². The number of nitrogens with zero attached hydrogens (tertiary/aromatic N) is 7. The normalized spacial score (nSPS) is 26.8. The van der Waals surface area contributed by atoms with Crippen LogP contribution in [0.2, 0.25) is 0 Å². The lowest BCUT2D eigenvalue weighted by Crippen LogP contribution is -2.54. The molecule has 2 aromatic heterocycles. The van der Waals surface area contributed by atoms with Crippen LogP contribution in [0.4, 0.5) is 11.4 Å². The second kappa shape index (κ2) is 12.5. The van der Waals surface area contributed by atoms with Crippen molar-refractivity contribution in [3.63, 3.8) is 0 Å². The Balaban J connectivity index is 0.752. The highest BCUT2D eigenvalue weighted by Gasteiger charge is 2.45. The summed E-state index contributed by atoms with van der Waals surface area (Å²) in [6.45, 7) is 2.94. The lowest BCUT2D eigenvalue weighted by atomic mass is 9.77. The monoisotopic (exact) mass is 713 g/mol. The fraction of sp³-hybridized carbons (Fsp3) is 0.475. The van der Waals surface area contributed by atoms with E-state index in [2.05, 4.69) is 56.6 Å². The maximum Gasteiger partial charge on any atom is 0.262 e. The molecule has 3 atom stereocenters. The zero-order valence-corrected chi connectivity index (χ0v) is 29.8. The van der Waals surface area contributed by atoms with Gasteiger partial charge in [0.05, 0.1) is 45.8 Å². The summed E-state index contributed by atoms with van der Waals surface area (Å²) in [6.07, 6.45) is 12.2. The highest BCUT2D eigenvalue weighted by molar-refractivity contribution is 6.23. The van der Waals surface area contributed by atoms with Crippen molar-refractivity contribution in [1.29, 1.82) is 0 Å². The van der Waals surface area contributed by atoms with Crippen LogP contribution in [0.3, 0.4) is 0 Å². The first kappa shape index (κ1) is 32.5. The Morgan fingerprint density at radius 3 is 2.49 bits per heavy atom. The van der Waals surface area contributed by atoms with Gasteiger partial charge in [0.25, 0.3) is 11.8 Å². The third kappa shape index (κ3) is 5.67. The molecule has 6 aliphatic rings. The number of piperazine rings is 1. The molecular weight excluding hydrogens is 670 g/mol. The Morgan fingerprint density at radius 2 is 1.72 bits per heavy atom. The molecule has 13 nitrogen and oxygen atoms in total. The summed E-state index contributed by atoms with van der Waals surface area (Å²) in [4.78, 5) is 66.2. The molecule has 2 N–H and O–H groups in total. The van der Waals surface area contributed by atoms with Crippen LogP contribution in [0.25, 0.3) is 22.3 Å². The van der Waals surface area contributed by atoms with Crippen molar-refractivity contribution >= 4 is 46.0 Å². The average molecular weight is 714 g/mol. The number of imide groups is 2. The zero-order valence-electron chi connectivity index (χ0n) is 29.8. The molecule has 6 heterocycles. The summed E-state index contributed by atoms with van der Waals surface area (Å²) < 4.78 is 2.19. The quantitative estimate of drug-likeness (QED) is 0.178. The van der Waals surface area contributed by atoms with Gasteiger partial charge in [0.2, 0.25) is 11.8 Å². The Morgan fingerprint density at radius 1 is 0.868 bits per heavy atom. The maximum absolute atomic E-state index is 13.2. The van der Waals surface area contributed by atoms with Gasteiger partial charge in [0, 0.05) is 67.2 Å². The van der Waals surface area contributed by atoms with Crippen molar-refractivity contribution in [2.45, 2.75) is 87.9 Å². The van der Waals surface area contributed by atoms with Gasteiger partial charge >= 0.3 is 0 Å². The average Bonchev–Trinajstić information content (AvgIpc) is 3.47. The summed E-state index contributed by atoms with van der Waals surface area (Å²) in [5.41, 5.74) is 7.65. The van der Waals surface area contributed by atoms with E-state index >= 15 is 0 Å². The molecule has 1 unspecified atom stereocenters. The fourth-order valence-electron chi connectivity index (χ4n) is 9.30. The number of carbonyl (C=O) groups is 4. The fourth-order valence-corrected chi connectivity index (χ4v) is 9.30. The number of fused-ring (bicyclic) bond motifs is 4. The summed E-state index contributed by atoms with van der Waals surface area (Å²) in [6, 6.07) is 12.3. The van der Waals surface area contributed by atoms with Crippen molar-refractivity contribution in [3.8, 4) is 11.3 Å². The van der Waals surface area contributed by atoms with E-state index in [9.17, 15) is 19.2 Å². The Labute approximate surface area is 307 Å². The molecule has 10 rings (SSSR count). The molecule has 2 saturated carbocycles. The van der Waals surface area contributed by atoms with Crippen LogP contribution in [0.1, 0.15) is 96.2 Å². The lowest BCUT2D eigenvalue weighted by Gasteiger charge is -2.35. The first-order chi connectivity index (χ1) is 25.8. The van der Waals surface area contributed by atoms with Gasteiger partial charge in [0.15, 0.2) is 0 Å². The highest BCUT2D eigenvalue weighted by atomic mass is 16.2. The molecule has 0 radical (unpaired) electrons. The van der Waals surface area contributed by atoms with E-state index in [1.54, 1.807) is 18.2 Å². The number of carbonyl (C=O) groups excluding carboxylic acids is 4. The number of likely N-dealkylation sites (tertiary alicyclic amines) is 1. The van der Waals surface area contributed by atoms with E-state index in [1.807, 2.05) is 6.20 Å². The maximum atomic E-state index is 13.2. The number of nitrogens with one attached hydrogen (secondary N) is 2. The van der Waals surface area contributed by atoms with Gasteiger partial charge in [-0.05, 0) is 101 Å². The number of amides is 4. The van der Waals surface area contributed by atoms with Crippen molar-refractivity contribution in [1.82, 2.24) is 34.9 Å². The van der Waals surface area contributed by atoms with E-state index in [0.717, 1.165) is 83.9 Å². The predicted molar refractivity (Wildman–Crippen MR) is 198 cm³/mol. The van der Waals surface area contributed by atoms with Crippen molar-refractivity contribution in [3.05, 3.63) is 65.6 Å². The van der Waals surface area contributed by atoms with Crippen LogP contribution in [-0.4, -0.2) is 98.0 Å². The predicted octanol–water partition coefficient (Wildman–Crippen LogP) is 4.51. The molecular formula is C40H43N9O4. The van der Waals surface area contributed by atoms with Gasteiger partial charge in [-0.1, -0.05) is 0 Å². The van der Waals surface area contributed by atoms with Gasteiger partial charge in [0.1, 0.15) is 6.04 Å². The smallest absolute Gasteiger partial charge is 0.262 e. The van der Waals surface area contributed by atoms with Gasteiger partial charge in [-0.2, -0.15) is 5.10 Å². The Hall–Kier alpha value is -5.17. The van der Waals surface area contributed by atoms with E-state index in [1.165, 1.54) is 24.9 Å². The minimum atomic E-state index is -0.963. The van der Waals surface area contributed by atoms with Crippen LogP contribution in [0.5, 0.6) is 0 Å². The number of benzene rings is 2. The summed E-state index contributed by atoms with van der Waals surface area (Å²) >= 11 is 0. The van der Waals surface area contributed by atoms with E-state index < -0.39 is 23.8 Å². The summed E-state index contributed by atoms with van der Waals surface area (Å²) in [7, 11) is 2.23. The van der Waals surface area contributed by atoms with Crippen molar-refractivity contribution < 1.29 is 19.2 Å². The molecule has 4 aromatic rings. The van der Waals surface area contributed by atoms with Crippen LogP contribution < -0.4 is 15.5 Å². The SMILES string of the molecule is CN1C[C@H]2C[C@@H]1CN2c1ccc2ncc(-c3cn(C4CC(CCCNc5ccc6c(c5)C(=O)N(C5CCC(=O)NC5=O)C6=O)C4)nc3C3CC3)nc2c1. The van der Waals surface area contributed by atoms with E-state index in [0.29, 0.717) is 30.0 Å². The summed E-state index contributed by atoms with van der Waals surface area (Å²) in [5.74, 6) is -0.843. The second-order valence-corrected chi connectivity index (χ2v) is 16.0. The molecule has 2 bridgehead atoms. The standard InChI is InChI=1S/C40H43N9O4/c1-46-19-28-16-27(46)20-47(28)25-7-9-32-33(17-25)43-34(18-42-32)31-21-48(45-37(31)23-4-5-23)26-13-22(14-26)3-2-12-41-24-6-8-29-30(15-24)40(53)49(39(29)52)35-10-11-36(50)44-38(35)51/h6-9,15,17-18,21-23,26-28,35,41H,2-5,10-14,16,19-20H2,1H3,(H,44,50,51)/t22?,26?,27-,28-,35?/m1/s1. The second-order valence-electron chi connectivity index (χ2n) is 16.0. The van der Waals surface area contributed by atoms with Crippen LogP contribution in [-0.2, 0) is 9.59 Å². The molecule has 4 aliphatic heterocycles. The molecule has 4 amide bonds. The third-order valence-electron chi connectivity index (χ3n) is 12.5. The molecule has 5 fully saturated rings. The van der Waals surface area contributed by atoms with Gasteiger partial charge in [-0.25, -0.2) is 4.98 Å². The number of rotatable bonds is 10. The van der Waals surface area contributed by atoms with Crippen molar-refractivity contribution in [2.75, 3.05) is 36.9 Å². The van der Waals surface area contributed by atoms with E-state index in [4.69, 9.17) is 15.1 Å². The molecule has 272 valence electrons. The third-order valence-corrected chi connectivity index (χ3v) is 12.5. The molecule has 2 aliphatic carbocycles. The van der Waals surface area contributed by atoms with Gasteiger partial charge in [-0.15, -0.1) is 0 Å². The first-order valence-electron chi connectivity index (χ1n) is 19.2. The van der Waals surface area contributed by atoms with Crippen LogP contribution >= 0.6 is 0 Å². The van der Waals surface area contributed by atoms with Crippen molar-refractivity contribution in [2.24, 2.45) is 5.92 Å². The number of hydrogen-bond acceptors (Lipinski definition) is 10. The number of aromatic nitrogens is 4. The molecule has 3 saturated heterocycles. The molecule has 0 spiro atoms. The minimum Gasteiger partial charge on any atom is -0.385 e. The number of anilines is 2. The highest BCUT2D eigenvalue weighted by Crippen LogP contribution is 2.46. The number of piperidine rings is 1. The lowest BCUT2D eigenvalue weighted by molar-refractivity contribution is -0.136. The zero-order chi connectivity index (χ0) is 36.0. The number of likely N-dealkylation sites (N-methyl/N-ethyl adjacent to an activating group) is 1. The number of hydrogen-bond donors (Lipinski definition) is 2. The van der Waals surface area contributed by atoms with E-state index in [-0.39, 0.29) is 29.9 Å². The van der Waals surface area contributed by atoms with Crippen LogP contribution in [0, 0.1) is 5.92 Å². The first-order valence-corrected chi connectivity index (χ1v) is 19.2. The summed E-state index contributed by atoms with van der Waals surface area (Å²) in [5, 5.41) is 10.8. The van der Waals surface area contributed by atoms with Gasteiger partial charge in [-0.3, -0.25) is 44.0 Å². The molecule has 13 heteroatoms. The molecule has 53 heavy (non-hydrogen) atoms. The topological polar surface area (TPSA) is 146 Å². The largest absolute Gasteiger partial charge is 0.385 e. The van der Waals surface area contributed by atoms with Crippen LogP contribution in [0.15, 0.2) is 48.8 Å². The molecule has 2 aromatic carbocycles. The Kier molecular flexibility index (Phi) is 7.64. The Bertz CT molecular complexity index is 2190.